The Kier molecular flexibility index (Phi) is 5.54. The normalized spacial score (nSPS) is 12.9. The fourth-order valence-corrected chi connectivity index (χ4v) is 4.38. The number of fused-ring (bicyclic) bond motifs is 5. The van der Waals surface area contributed by atoms with Crippen molar-refractivity contribution in [1.29, 1.82) is 0 Å². The highest BCUT2D eigenvalue weighted by molar-refractivity contribution is 7.97. The van der Waals surface area contributed by atoms with Crippen LogP contribution in [-0.4, -0.2) is 42.5 Å². The van der Waals surface area contributed by atoms with Crippen LogP contribution in [0.4, 0.5) is 0 Å². The van der Waals surface area contributed by atoms with Gasteiger partial charge in [0.25, 0.3) is 0 Å². The number of rotatable bonds is 7. The maximum Gasteiger partial charge on any atom is 0.415 e. The van der Waals surface area contributed by atoms with Crippen LogP contribution in [0.25, 0.3) is 17.0 Å². The summed E-state index contributed by atoms with van der Waals surface area (Å²) in [4.78, 5) is 4.78. The van der Waals surface area contributed by atoms with Crippen molar-refractivity contribution in [3.05, 3.63) is 46.7 Å². The fraction of sp³-hybridized carbons (Fsp3) is 0.368. The van der Waals surface area contributed by atoms with Gasteiger partial charge in [0, 0.05) is 41.8 Å². The number of pyridine rings is 1. The minimum absolute atomic E-state index is 0.512. The third-order valence-corrected chi connectivity index (χ3v) is 5.75. The van der Waals surface area contributed by atoms with Gasteiger partial charge in [-0.3, -0.25) is 0 Å². The van der Waals surface area contributed by atoms with Crippen molar-refractivity contribution >= 4 is 34.6 Å². The lowest BCUT2D eigenvalue weighted by molar-refractivity contribution is -0.612. The molecule has 0 bridgehead atoms. The number of benzene rings is 1. The molecule has 0 spiro atoms. The third kappa shape index (κ3) is 3.65. The van der Waals surface area contributed by atoms with E-state index in [9.17, 15) is 0 Å². The fourth-order valence-electron chi connectivity index (χ4n) is 3.08. The molecule has 0 atom stereocenters. The number of nitrogens with zero attached hydrogens (tertiary/aromatic N) is 3. The van der Waals surface area contributed by atoms with E-state index in [1.807, 2.05) is 30.5 Å². The van der Waals surface area contributed by atoms with Gasteiger partial charge in [-0.25, -0.2) is 4.57 Å². The van der Waals surface area contributed by atoms with Gasteiger partial charge in [-0.1, -0.05) is 16.6 Å². The maximum absolute atomic E-state index is 6.16. The monoisotopic (exact) mass is 406 g/mol. The second kappa shape index (κ2) is 8.06. The van der Waals surface area contributed by atoms with Crippen LogP contribution in [0.2, 0.25) is 5.02 Å². The average Bonchev–Trinajstić information content (AvgIpc) is 3.04. The van der Waals surface area contributed by atoms with E-state index < -0.39 is 0 Å². The van der Waals surface area contributed by atoms with Gasteiger partial charge in [-0.05, 0) is 19.1 Å². The van der Waals surface area contributed by atoms with Crippen molar-refractivity contribution in [2.45, 2.75) is 12.7 Å². The molecule has 1 aromatic carbocycles. The highest BCUT2D eigenvalue weighted by atomic mass is 35.5. The van der Waals surface area contributed by atoms with Crippen LogP contribution >= 0.6 is 23.5 Å². The molecule has 0 amide bonds. The van der Waals surface area contributed by atoms with Crippen molar-refractivity contribution < 1.29 is 18.8 Å². The Balaban J connectivity index is 1.56. The molecule has 3 heterocycles. The van der Waals surface area contributed by atoms with Crippen LogP contribution in [0.1, 0.15) is 11.3 Å². The lowest BCUT2D eigenvalue weighted by Crippen LogP contribution is -2.41. The quantitative estimate of drug-likeness (QED) is 0.445. The summed E-state index contributed by atoms with van der Waals surface area (Å²) in [5.74, 6) is 2.60. The van der Waals surface area contributed by atoms with Crippen LogP contribution in [0.3, 0.4) is 0 Å². The smallest absolute Gasteiger partial charge is 0.415 e. The van der Waals surface area contributed by atoms with Crippen LogP contribution in [0, 0.1) is 6.92 Å². The number of ether oxygens (including phenoxy) is 3. The van der Waals surface area contributed by atoms with E-state index in [0.29, 0.717) is 31.5 Å². The molecule has 0 saturated heterocycles. The second-order valence-electron chi connectivity index (χ2n) is 6.19. The highest BCUT2D eigenvalue weighted by Gasteiger charge is 2.31. The van der Waals surface area contributed by atoms with Crippen molar-refractivity contribution in [2.24, 2.45) is 0 Å². The van der Waals surface area contributed by atoms with E-state index in [2.05, 4.69) is 15.5 Å². The molecule has 2 aromatic heterocycles. The molecule has 0 radical (unpaired) electrons. The highest BCUT2D eigenvalue weighted by Crippen LogP contribution is 2.32. The molecule has 6 nitrogen and oxygen atoms in total. The summed E-state index contributed by atoms with van der Waals surface area (Å²) in [6.45, 7) is 4.31. The summed E-state index contributed by atoms with van der Waals surface area (Å²) in [6, 6.07) is 7.77. The van der Waals surface area contributed by atoms with Gasteiger partial charge < -0.3 is 14.2 Å². The predicted molar refractivity (Wildman–Crippen MR) is 106 cm³/mol. The summed E-state index contributed by atoms with van der Waals surface area (Å²) < 4.78 is 20.6. The van der Waals surface area contributed by atoms with Gasteiger partial charge >= 0.3 is 5.95 Å². The molecule has 1 aliphatic rings. The maximum atomic E-state index is 6.16. The molecule has 0 unspecified atom stereocenters. The van der Waals surface area contributed by atoms with Gasteiger partial charge in [0.1, 0.15) is 18.1 Å². The molecular weight excluding hydrogens is 386 g/mol. The standard InChI is InChI=1S/C19H21ClN3O3S/c1-13-17-12-27-23-16-11-14(20)3-4-15(16)21-19(23)22(17)6-5-18(13)26-10-9-25-8-7-24-2/h3-6,11H,7-10,12H2,1-2H3/q+1. The Morgan fingerprint density at radius 3 is 2.93 bits per heavy atom. The zero-order chi connectivity index (χ0) is 18.8. The molecular formula is C19H21ClN3O3S+. The Labute approximate surface area is 167 Å². The molecule has 142 valence electrons. The lowest BCUT2D eigenvalue weighted by atomic mass is 10.2. The van der Waals surface area contributed by atoms with Crippen LogP contribution in [0.5, 0.6) is 5.75 Å². The number of halogens is 1. The first-order valence-corrected chi connectivity index (χ1v) is 10.1. The summed E-state index contributed by atoms with van der Waals surface area (Å²) in [6.07, 6.45) is 2.02. The SMILES string of the molecule is COCCOCCOc1cc[n+]2c(c1C)CSn1c-2nc2ccc(Cl)cc21. The first-order chi connectivity index (χ1) is 13.2. The largest absolute Gasteiger partial charge is 0.491 e. The average molecular weight is 407 g/mol. The van der Waals surface area contributed by atoms with Gasteiger partial charge in [0.15, 0.2) is 11.0 Å². The predicted octanol–water partition coefficient (Wildman–Crippen LogP) is 3.33. The lowest BCUT2D eigenvalue weighted by Gasteiger charge is -2.17. The summed E-state index contributed by atoms with van der Waals surface area (Å²) in [7, 11) is 1.66. The number of aromatic nitrogens is 3. The Morgan fingerprint density at radius 2 is 2.07 bits per heavy atom. The second-order valence-corrected chi connectivity index (χ2v) is 7.54. The Hall–Kier alpha value is -1.80. The molecule has 1 aliphatic heterocycles. The number of hydrogen-bond acceptors (Lipinski definition) is 5. The van der Waals surface area contributed by atoms with Gasteiger partial charge in [-0.2, -0.15) is 3.97 Å². The van der Waals surface area contributed by atoms with E-state index in [1.165, 1.54) is 5.69 Å². The van der Waals surface area contributed by atoms with E-state index >= 15 is 0 Å². The number of hydrogen-bond donors (Lipinski definition) is 0. The summed E-state index contributed by atoms with van der Waals surface area (Å²) in [5.41, 5.74) is 4.28. The Bertz CT molecular complexity index is 976. The summed E-state index contributed by atoms with van der Waals surface area (Å²) in [5, 5.41) is 0.717. The molecule has 0 fully saturated rings. The van der Waals surface area contributed by atoms with Crippen LogP contribution in [-0.2, 0) is 15.2 Å². The van der Waals surface area contributed by atoms with Crippen molar-refractivity contribution in [3.8, 4) is 11.7 Å². The first kappa shape index (κ1) is 18.6. The zero-order valence-corrected chi connectivity index (χ0v) is 16.8. The van der Waals surface area contributed by atoms with Gasteiger partial charge in [0.2, 0.25) is 0 Å². The van der Waals surface area contributed by atoms with Crippen LogP contribution in [0.15, 0.2) is 30.5 Å². The van der Waals surface area contributed by atoms with Gasteiger partial charge in [0.05, 0.1) is 31.8 Å². The van der Waals surface area contributed by atoms with E-state index in [1.54, 1.807) is 19.1 Å². The molecule has 0 saturated carbocycles. The molecule has 0 aliphatic carbocycles. The van der Waals surface area contributed by atoms with E-state index in [4.69, 9.17) is 30.8 Å². The third-order valence-electron chi connectivity index (χ3n) is 4.49. The molecule has 4 rings (SSSR count). The van der Waals surface area contributed by atoms with Crippen molar-refractivity contribution in [3.63, 3.8) is 0 Å². The Morgan fingerprint density at radius 1 is 1.22 bits per heavy atom. The minimum atomic E-state index is 0.512. The molecule has 8 heteroatoms. The van der Waals surface area contributed by atoms with Crippen LogP contribution < -0.4 is 9.30 Å². The van der Waals surface area contributed by atoms with Gasteiger partial charge in [-0.15, -0.1) is 0 Å². The number of imidazole rings is 1. The molecule has 0 N–H and O–H groups in total. The van der Waals surface area contributed by atoms with Crippen molar-refractivity contribution in [1.82, 2.24) is 8.96 Å². The zero-order valence-electron chi connectivity index (χ0n) is 15.3. The number of methoxy groups -OCH3 is 1. The molecule has 27 heavy (non-hydrogen) atoms. The van der Waals surface area contributed by atoms with Crippen molar-refractivity contribution in [2.75, 3.05) is 33.5 Å². The van der Waals surface area contributed by atoms with E-state index in [-0.39, 0.29) is 0 Å². The topological polar surface area (TPSA) is 49.4 Å². The summed E-state index contributed by atoms with van der Waals surface area (Å²) >= 11 is 7.88. The van der Waals surface area contributed by atoms with E-state index in [0.717, 1.165) is 34.0 Å². The molecule has 3 aromatic rings. The minimum Gasteiger partial charge on any atom is -0.491 e. The first-order valence-electron chi connectivity index (χ1n) is 8.74.